The molecule has 17 heavy (non-hydrogen) atoms. The summed E-state index contributed by atoms with van der Waals surface area (Å²) >= 11 is 0. The summed E-state index contributed by atoms with van der Waals surface area (Å²) < 4.78 is 0. The van der Waals surface area contributed by atoms with E-state index in [2.05, 4.69) is 57.3 Å². The highest BCUT2D eigenvalue weighted by atomic mass is 16.3. The summed E-state index contributed by atoms with van der Waals surface area (Å²) in [5.74, 6) is 0.572. The fraction of sp³-hybridized carbons (Fsp3) is 0.600. The highest BCUT2D eigenvalue weighted by Crippen LogP contribution is 2.22. The monoisotopic (exact) mass is 235 g/mol. The van der Waals surface area contributed by atoms with Crippen LogP contribution in [0.3, 0.4) is 0 Å². The topological polar surface area (TPSA) is 32.3 Å². The van der Waals surface area contributed by atoms with E-state index in [4.69, 9.17) is 0 Å². The van der Waals surface area contributed by atoms with Crippen LogP contribution in [0.5, 0.6) is 0 Å². The van der Waals surface area contributed by atoms with Gasteiger partial charge in [-0.15, -0.1) is 0 Å². The molecule has 0 heterocycles. The normalized spacial score (nSPS) is 14.7. The number of anilines is 1. The zero-order valence-electron chi connectivity index (χ0n) is 11.5. The van der Waals surface area contributed by atoms with Gasteiger partial charge < -0.3 is 10.4 Å². The quantitative estimate of drug-likeness (QED) is 0.789. The summed E-state index contributed by atoms with van der Waals surface area (Å²) in [6.07, 6.45) is 0.973. The summed E-state index contributed by atoms with van der Waals surface area (Å²) in [5, 5.41) is 12.7. The molecule has 1 atom stereocenters. The van der Waals surface area contributed by atoms with Crippen LogP contribution < -0.4 is 5.32 Å². The second-order valence-corrected chi connectivity index (χ2v) is 5.45. The average Bonchev–Trinajstić information content (AvgIpc) is 2.36. The van der Waals surface area contributed by atoms with Gasteiger partial charge in [-0.1, -0.05) is 39.8 Å². The van der Waals surface area contributed by atoms with Crippen LogP contribution in [0.4, 0.5) is 5.69 Å². The van der Waals surface area contributed by atoms with Gasteiger partial charge in [-0.2, -0.15) is 0 Å². The molecule has 0 bridgehead atoms. The molecule has 1 aromatic rings. The number of hydrogen-bond acceptors (Lipinski definition) is 2. The van der Waals surface area contributed by atoms with Gasteiger partial charge in [0.1, 0.15) is 0 Å². The van der Waals surface area contributed by atoms with Crippen molar-refractivity contribution in [2.75, 3.05) is 18.5 Å². The van der Waals surface area contributed by atoms with E-state index < -0.39 is 0 Å². The molecule has 2 heteroatoms. The maximum Gasteiger partial charge on any atom is 0.0501 e. The Hall–Kier alpha value is -1.02. The van der Waals surface area contributed by atoms with E-state index in [0.717, 1.165) is 18.7 Å². The van der Waals surface area contributed by atoms with Gasteiger partial charge in [0, 0.05) is 17.6 Å². The lowest BCUT2D eigenvalue weighted by Crippen LogP contribution is -2.29. The summed E-state index contributed by atoms with van der Waals surface area (Å²) in [4.78, 5) is 0. The lowest BCUT2D eigenvalue weighted by atomic mass is 9.88. The van der Waals surface area contributed by atoms with Crippen molar-refractivity contribution < 1.29 is 5.11 Å². The predicted octanol–water partition coefficient (Wildman–Crippen LogP) is 3.63. The number of benzene rings is 1. The lowest BCUT2D eigenvalue weighted by Gasteiger charge is -2.26. The van der Waals surface area contributed by atoms with Crippen LogP contribution >= 0.6 is 0 Å². The SMILES string of the molecule is CCC(C)(CO)CNc1ccc(C(C)C)cc1. The molecule has 0 spiro atoms. The van der Waals surface area contributed by atoms with Crippen LogP contribution in [0, 0.1) is 5.41 Å². The smallest absolute Gasteiger partial charge is 0.0501 e. The third-order valence-electron chi connectivity index (χ3n) is 3.53. The minimum Gasteiger partial charge on any atom is -0.396 e. The highest BCUT2D eigenvalue weighted by Gasteiger charge is 2.20. The van der Waals surface area contributed by atoms with Crippen LogP contribution in [-0.2, 0) is 0 Å². The third-order valence-corrected chi connectivity index (χ3v) is 3.53. The van der Waals surface area contributed by atoms with E-state index in [-0.39, 0.29) is 12.0 Å². The number of rotatable bonds is 6. The fourth-order valence-corrected chi connectivity index (χ4v) is 1.59. The third kappa shape index (κ3) is 4.04. The first-order chi connectivity index (χ1) is 8.00. The summed E-state index contributed by atoms with van der Waals surface area (Å²) in [5.41, 5.74) is 2.45. The Balaban J connectivity index is 2.58. The van der Waals surface area contributed by atoms with Crippen LogP contribution in [0.2, 0.25) is 0 Å². The summed E-state index contributed by atoms with van der Waals surface area (Å²) in [6, 6.07) is 8.55. The molecular weight excluding hydrogens is 210 g/mol. The highest BCUT2D eigenvalue weighted by molar-refractivity contribution is 5.45. The maximum atomic E-state index is 9.34. The summed E-state index contributed by atoms with van der Waals surface area (Å²) in [6.45, 7) is 9.63. The van der Waals surface area contributed by atoms with Gasteiger partial charge in [-0.05, 0) is 30.0 Å². The predicted molar refractivity (Wildman–Crippen MR) is 74.5 cm³/mol. The molecule has 2 nitrogen and oxygen atoms in total. The molecule has 0 aliphatic rings. The van der Waals surface area contributed by atoms with Gasteiger partial charge in [0.15, 0.2) is 0 Å². The van der Waals surface area contributed by atoms with Gasteiger partial charge >= 0.3 is 0 Å². The van der Waals surface area contributed by atoms with Crippen molar-refractivity contribution in [3.05, 3.63) is 29.8 Å². The molecule has 0 saturated heterocycles. The van der Waals surface area contributed by atoms with Crippen molar-refractivity contribution >= 4 is 5.69 Å². The average molecular weight is 235 g/mol. The van der Waals surface area contributed by atoms with Crippen molar-refractivity contribution in [2.24, 2.45) is 5.41 Å². The molecule has 0 saturated carbocycles. The molecule has 1 unspecified atom stereocenters. The second kappa shape index (κ2) is 6.06. The van der Waals surface area contributed by atoms with Crippen LogP contribution in [0.15, 0.2) is 24.3 Å². The van der Waals surface area contributed by atoms with E-state index in [9.17, 15) is 5.11 Å². The number of nitrogens with one attached hydrogen (secondary N) is 1. The zero-order chi connectivity index (χ0) is 12.9. The molecule has 0 radical (unpaired) electrons. The van der Waals surface area contributed by atoms with Crippen LogP contribution in [0.1, 0.15) is 45.6 Å². The van der Waals surface area contributed by atoms with Crippen LogP contribution in [0.25, 0.3) is 0 Å². The molecule has 0 aliphatic heterocycles. The van der Waals surface area contributed by atoms with Gasteiger partial charge in [-0.25, -0.2) is 0 Å². The first-order valence-electron chi connectivity index (χ1n) is 6.45. The van der Waals surface area contributed by atoms with Crippen molar-refractivity contribution in [1.82, 2.24) is 0 Å². The Labute approximate surface area is 105 Å². The molecular formula is C15H25NO. The van der Waals surface area contributed by atoms with Crippen molar-refractivity contribution in [3.63, 3.8) is 0 Å². The number of hydrogen-bond donors (Lipinski definition) is 2. The Kier molecular flexibility index (Phi) is 5.01. The Morgan fingerprint density at radius 3 is 2.24 bits per heavy atom. The summed E-state index contributed by atoms with van der Waals surface area (Å²) in [7, 11) is 0. The standard InChI is InChI=1S/C15H25NO/c1-5-15(4,11-17)10-16-14-8-6-13(7-9-14)12(2)3/h6-9,12,16-17H,5,10-11H2,1-4H3. The van der Waals surface area contributed by atoms with E-state index in [1.807, 2.05) is 0 Å². The van der Waals surface area contributed by atoms with E-state index in [0.29, 0.717) is 5.92 Å². The minimum absolute atomic E-state index is 0.0310. The number of aliphatic hydroxyl groups is 1. The Morgan fingerprint density at radius 2 is 1.82 bits per heavy atom. The van der Waals surface area contributed by atoms with E-state index in [1.165, 1.54) is 5.56 Å². The maximum absolute atomic E-state index is 9.34. The molecule has 96 valence electrons. The largest absolute Gasteiger partial charge is 0.396 e. The van der Waals surface area contributed by atoms with Crippen LogP contribution in [-0.4, -0.2) is 18.3 Å². The van der Waals surface area contributed by atoms with E-state index in [1.54, 1.807) is 0 Å². The second-order valence-electron chi connectivity index (χ2n) is 5.45. The van der Waals surface area contributed by atoms with Gasteiger partial charge in [-0.3, -0.25) is 0 Å². The minimum atomic E-state index is -0.0310. The molecule has 2 N–H and O–H groups in total. The molecule has 1 rings (SSSR count). The fourth-order valence-electron chi connectivity index (χ4n) is 1.59. The Morgan fingerprint density at radius 1 is 1.24 bits per heavy atom. The van der Waals surface area contributed by atoms with Crippen molar-refractivity contribution in [2.45, 2.75) is 40.0 Å². The van der Waals surface area contributed by atoms with E-state index >= 15 is 0 Å². The van der Waals surface area contributed by atoms with Crippen molar-refractivity contribution in [1.29, 1.82) is 0 Å². The zero-order valence-corrected chi connectivity index (χ0v) is 11.5. The molecule has 1 aromatic carbocycles. The van der Waals surface area contributed by atoms with Gasteiger partial charge in [0.05, 0.1) is 6.61 Å². The molecule has 0 amide bonds. The van der Waals surface area contributed by atoms with Crippen molar-refractivity contribution in [3.8, 4) is 0 Å². The first-order valence-corrected chi connectivity index (χ1v) is 6.45. The first kappa shape index (κ1) is 14.0. The molecule has 0 aromatic heterocycles. The lowest BCUT2D eigenvalue weighted by molar-refractivity contribution is 0.149. The van der Waals surface area contributed by atoms with Gasteiger partial charge in [0.2, 0.25) is 0 Å². The molecule has 0 aliphatic carbocycles. The van der Waals surface area contributed by atoms with Gasteiger partial charge in [0.25, 0.3) is 0 Å². The Bertz CT molecular complexity index is 325. The molecule has 0 fully saturated rings. The number of aliphatic hydroxyl groups excluding tert-OH is 1.